The molecule has 0 amide bonds. The van der Waals surface area contributed by atoms with E-state index in [0.29, 0.717) is 0 Å². The van der Waals surface area contributed by atoms with Crippen LogP contribution in [0.2, 0.25) is 0 Å². The Hall–Kier alpha value is -0.860. The van der Waals surface area contributed by atoms with Gasteiger partial charge in [-0.25, -0.2) is 0 Å². The maximum absolute atomic E-state index is 10.9. The third kappa shape index (κ3) is 4.88. The highest BCUT2D eigenvalue weighted by Gasteiger charge is 2.11. The Bertz CT molecular complexity index is 159. The van der Waals surface area contributed by atoms with E-state index < -0.39 is 5.97 Å². The summed E-state index contributed by atoms with van der Waals surface area (Å²) in [6.45, 7) is 5.29. The number of rotatable bonds is 5. The molecule has 0 saturated carbocycles. The number of esters is 1. The lowest BCUT2D eigenvalue weighted by Crippen LogP contribution is -2.18. The van der Waals surface area contributed by atoms with E-state index in [1.807, 2.05) is 13.8 Å². The van der Waals surface area contributed by atoms with Crippen LogP contribution in [0.3, 0.4) is 0 Å². The van der Waals surface area contributed by atoms with Crippen LogP contribution < -0.4 is 0 Å². The Morgan fingerprint density at radius 2 is 1.75 bits per heavy atom. The summed E-state index contributed by atoms with van der Waals surface area (Å²) in [7, 11) is 0. The van der Waals surface area contributed by atoms with E-state index in [9.17, 15) is 9.59 Å². The van der Waals surface area contributed by atoms with Gasteiger partial charge in [0.1, 0.15) is 18.3 Å². The normalized spacial score (nSPS) is 10.0. The molecule has 3 heteroatoms. The second kappa shape index (κ2) is 5.75. The molecule has 0 aliphatic rings. The van der Waals surface area contributed by atoms with E-state index in [4.69, 9.17) is 4.74 Å². The fourth-order valence-corrected chi connectivity index (χ4v) is 0.886. The number of carbonyl (C=O) groups is 2. The summed E-state index contributed by atoms with van der Waals surface area (Å²) in [5, 5.41) is 0. The van der Waals surface area contributed by atoms with Crippen molar-refractivity contribution in [3.63, 3.8) is 0 Å². The number of hydrogen-bond acceptors (Lipinski definition) is 3. The van der Waals surface area contributed by atoms with E-state index >= 15 is 0 Å². The molecular formula is C9H16O3. The Labute approximate surface area is 73.1 Å². The summed E-state index contributed by atoms with van der Waals surface area (Å²) in [6, 6.07) is 0. The van der Waals surface area contributed by atoms with Crippen molar-refractivity contribution in [1.29, 1.82) is 0 Å². The monoisotopic (exact) mass is 172 g/mol. The highest BCUT2D eigenvalue weighted by Crippen LogP contribution is 2.04. The zero-order valence-electron chi connectivity index (χ0n) is 7.92. The molecule has 0 atom stereocenters. The lowest BCUT2D eigenvalue weighted by atomic mass is 10.2. The molecule has 0 spiro atoms. The molecule has 0 aliphatic heterocycles. The van der Waals surface area contributed by atoms with Gasteiger partial charge in [0, 0.05) is 0 Å². The van der Waals surface area contributed by atoms with Gasteiger partial charge in [-0.15, -0.1) is 0 Å². The Kier molecular flexibility index (Phi) is 5.34. The van der Waals surface area contributed by atoms with Crippen LogP contribution in [0.25, 0.3) is 0 Å². The van der Waals surface area contributed by atoms with Crippen LogP contribution in [0.4, 0.5) is 0 Å². The smallest absolute Gasteiger partial charge is 0.313 e. The molecule has 3 nitrogen and oxygen atoms in total. The van der Waals surface area contributed by atoms with Crippen LogP contribution in [-0.2, 0) is 14.3 Å². The van der Waals surface area contributed by atoms with Crippen LogP contribution in [0.15, 0.2) is 0 Å². The van der Waals surface area contributed by atoms with Gasteiger partial charge in [-0.3, -0.25) is 9.59 Å². The number of ketones is 1. The largest absolute Gasteiger partial charge is 0.462 e. The Morgan fingerprint density at radius 3 is 2.08 bits per heavy atom. The van der Waals surface area contributed by atoms with E-state index in [0.717, 1.165) is 12.8 Å². The van der Waals surface area contributed by atoms with Crippen molar-refractivity contribution in [2.24, 2.45) is 0 Å². The Morgan fingerprint density at radius 1 is 1.25 bits per heavy atom. The molecule has 0 aliphatic carbocycles. The average molecular weight is 172 g/mol. The van der Waals surface area contributed by atoms with Crippen LogP contribution in [0.1, 0.15) is 40.0 Å². The predicted molar refractivity (Wildman–Crippen MR) is 45.8 cm³/mol. The minimum atomic E-state index is -0.406. The number of Topliss-reactive ketones (excluding diaryl/α,β-unsaturated/α-hetero) is 1. The summed E-state index contributed by atoms with van der Waals surface area (Å²) in [4.78, 5) is 21.5. The van der Waals surface area contributed by atoms with E-state index in [1.165, 1.54) is 6.92 Å². The number of hydrogen-bond donors (Lipinski definition) is 0. The summed E-state index contributed by atoms with van der Waals surface area (Å²) >= 11 is 0. The predicted octanol–water partition coefficient (Wildman–Crippen LogP) is 1.70. The second-order valence-electron chi connectivity index (χ2n) is 2.81. The van der Waals surface area contributed by atoms with Gasteiger partial charge in [0.05, 0.1) is 0 Å². The molecule has 0 heterocycles. The molecular weight excluding hydrogens is 156 g/mol. The zero-order chi connectivity index (χ0) is 9.56. The molecule has 0 bridgehead atoms. The maximum atomic E-state index is 10.9. The van der Waals surface area contributed by atoms with E-state index in [1.54, 1.807) is 0 Å². The fourth-order valence-electron chi connectivity index (χ4n) is 0.886. The first kappa shape index (κ1) is 11.1. The van der Waals surface area contributed by atoms with Gasteiger partial charge in [0.15, 0.2) is 0 Å². The van der Waals surface area contributed by atoms with Crippen molar-refractivity contribution in [2.45, 2.75) is 46.1 Å². The molecule has 0 rings (SSSR count). The van der Waals surface area contributed by atoms with Crippen molar-refractivity contribution < 1.29 is 14.3 Å². The first-order valence-corrected chi connectivity index (χ1v) is 4.29. The lowest BCUT2D eigenvalue weighted by molar-refractivity contribution is -0.150. The molecule has 0 N–H and O–H groups in total. The molecule has 0 unspecified atom stereocenters. The van der Waals surface area contributed by atoms with Crippen LogP contribution in [0, 0.1) is 0 Å². The second-order valence-corrected chi connectivity index (χ2v) is 2.81. The molecule has 0 aromatic heterocycles. The van der Waals surface area contributed by atoms with Crippen LogP contribution in [-0.4, -0.2) is 17.9 Å². The molecule has 0 fully saturated rings. The minimum Gasteiger partial charge on any atom is -0.462 e. The van der Waals surface area contributed by atoms with Crippen LogP contribution in [0.5, 0.6) is 0 Å². The molecule has 0 radical (unpaired) electrons. The standard InChI is InChI=1S/C9H16O3/c1-4-8(5-2)12-9(11)6-7(3)10/h8H,4-6H2,1-3H3. The van der Waals surface area contributed by atoms with E-state index in [2.05, 4.69) is 0 Å². The SMILES string of the molecule is CCC(CC)OC(=O)CC(C)=O. The fraction of sp³-hybridized carbons (Fsp3) is 0.778. The minimum absolute atomic E-state index is 0.0307. The quantitative estimate of drug-likeness (QED) is 0.468. The first-order chi connectivity index (χ1) is 5.60. The van der Waals surface area contributed by atoms with Gasteiger partial charge >= 0.3 is 5.97 Å². The number of carbonyl (C=O) groups excluding carboxylic acids is 2. The molecule has 12 heavy (non-hydrogen) atoms. The Balaban J connectivity index is 3.74. The topological polar surface area (TPSA) is 43.4 Å². The van der Waals surface area contributed by atoms with Gasteiger partial charge in [0.25, 0.3) is 0 Å². The number of ether oxygens (including phenoxy) is 1. The lowest BCUT2D eigenvalue weighted by Gasteiger charge is -2.12. The maximum Gasteiger partial charge on any atom is 0.313 e. The molecule has 0 aromatic rings. The third-order valence-electron chi connectivity index (χ3n) is 1.60. The van der Waals surface area contributed by atoms with Gasteiger partial charge in [0.2, 0.25) is 0 Å². The van der Waals surface area contributed by atoms with Gasteiger partial charge in [-0.05, 0) is 19.8 Å². The van der Waals surface area contributed by atoms with Crippen LogP contribution >= 0.6 is 0 Å². The summed E-state index contributed by atoms with van der Waals surface area (Å²) in [5.74, 6) is -0.554. The highest BCUT2D eigenvalue weighted by atomic mass is 16.5. The average Bonchev–Trinajstić information content (AvgIpc) is 1.98. The van der Waals surface area contributed by atoms with Crippen molar-refractivity contribution >= 4 is 11.8 Å². The van der Waals surface area contributed by atoms with Crippen molar-refractivity contribution in [2.75, 3.05) is 0 Å². The molecule has 0 saturated heterocycles. The van der Waals surface area contributed by atoms with E-state index in [-0.39, 0.29) is 18.3 Å². The van der Waals surface area contributed by atoms with Gasteiger partial charge in [-0.1, -0.05) is 13.8 Å². The van der Waals surface area contributed by atoms with Crippen molar-refractivity contribution in [1.82, 2.24) is 0 Å². The summed E-state index contributed by atoms with van der Waals surface area (Å²) < 4.78 is 5.00. The first-order valence-electron chi connectivity index (χ1n) is 4.29. The van der Waals surface area contributed by atoms with Gasteiger partial charge in [-0.2, -0.15) is 0 Å². The molecule has 70 valence electrons. The molecule has 0 aromatic carbocycles. The van der Waals surface area contributed by atoms with Gasteiger partial charge < -0.3 is 4.74 Å². The summed E-state index contributed by atoms with van der Waals surface area (Å²) in [5.41, 5.74) is 0. The highest BCUT2D eigenvalue weighted by molar-refractivity contribution is 5.94. The summed E-state index contributed by atoms with van der Waals surface area (Å²) in [6.07, 6.45) is 1.48. The van der Waals surface area contributed by atoms with Crippen molar-refractivity contribution in [3.8, 4) is 0 Å². The third-order valence-corrected chi connectivity index (χ3v) is 1.60. The van der Waals surface area contributed by atoms with Crippen molar-refractivity contribution in [3.05, 3.63) is 0 Å². The zero-order valence-corrected chi connectivity index (χ0v) is 7.92.